The summed E-state index contributed by atoms with van der Waals surface area (Å²) in [6.07, 6.45) is 3.88. The van der Waals surface area contributed by atoms with Crippen LogP contribution in [0.15, 0.2) is 93.7 Å². The number of benzene rings is 2. The SMILES string of the molecule is [C-]#[N+]C(C#N)=C(C(C#N)=CC=Cc1c(O)n(-c2ccccc2)c(=O)[nH]c1=O)c1ccccc1. The molecule has 0 aliphatic rings. The molecule has 0 saturated heterocycles. The van der Waals surface area contributed by atoms with E-state index in [9.17, 15) is 25.2 Å². The van der Waals surface area contributed by atoms with Gasteiger partial charge in [0, 0.05) is 5.57 Å². The molecule has 0 unspecified atom stereocenters. The number of H-pyrrole nitrogens is 1. The lowest BCUT2D eigenvalue weighted by atomic mass is 9.96. The molecule has 0 spiro atoms. The number of nitriles is 2. The number of nitrogens with one attached hydrogen (secondary N) is 1. The molecule has 3 aromatic rings. The molecule has 0 bridgehead atoms. The molecule has 0 aliphatic heterocycles. The quantitative estimate of drug-likeness (QED) is 0.361. The van der Waals surface area contributed by atoms with E-state index in [0.717, 1.165) is 4.57 Å². The number of aromatic nitrogens is 2. The van der Waals surface area contributed by atoms with Gasteiger partial charge in [0.15, 0.2) is 0 Å². The number of rotatable bonds is 5. The van der Waals surface area contributed by atoms with Crippen LogP contribution in [0.2, 0.25) is 0 Å². The molecular weight excluding hydrogens is 418 g/mol. The summed E-state index contributed by atoms with van der Waals surface area (Å²) >= 11 is 0. The Morgan fingerprint density at radius 2 is 1.67 bits per heavy atom. The maximum absolute atomic E-state index is 12.3. The molecule has 33 heavy (non-hydrogen) atoms. The molecule has 0 fully saturated rings. The third-order valence-corrected chi connectivity index (χ3v) is 4.57. The first-order valence-corrected chi connectivity index (χ1v) is 9.51. The summed E-state index contributed by atoms with van der Waals surface area (Å²) in [6, 6.07) is 20.5. The van der Waals surface area contributed by atoms with Crippen molar-refractivity contribution in [3.63, 3.8) is 0 Å². The number of aromatic hydroxyl groups is 1. The van der Waals surface area contributed by atoms with Crippen molar-refractivity contribution in [1.29, 1.82) is 10.5 Å². The van der Waals surface area contributed by atoms with Crippen LogP contribution >= 0.6 is 0 Å². The lowest BCUT2D eigenvalue weighted by molar-refractivity contribution is 0.429. The summed E-state index contributed by atoms with van der Waals surface area (Å²) < 4.78 is 0.943. The minimum atomic E-state index is -0.814. The van der Waals surface area contributed by atoms with Gasteiger partial charge in [0.05, 0.1) is 30.0 Å². The summed E-state index contributed by atoms with van der Waals surface area (Å²) in [7, 11) is 0. The van der Waals surface area contributed by atoms with E-state index in [1.165, 1.54) is 18.2 Å². The van der Waals surface area contributed by atoms with Crippen molar-refractivity contribution in [1.82, 2.24) is 9.55 Å². The number of hydrogen-bond donors (Lipinski definition) is 2. The van der Waals surface area contributed by atoms with E-state index in [1.807, 2.05) is 6.07 Å². The standard InChI is InChI=1S/C25H15N5O3/c1-28-21(16-27)22(17-9-4-2-5-10-17)18(15-26)11-8-14-20-23(31)29-25(33)30(24(20)32)19-12-6-3-7-13-19/h2-14,32H,(H,29,31,33). The van der Waals surface area contributed by atoms with Crippen LogP contribution in [0.25, 0.3) is 22.2 Å². The van der Waals surface area contributed by atoms with Crippen LogP contribution in [0.1, 0.15) is 11.1 Å². The first kappa shape index (κ1) is 22.3. The number of aromatic amines is 1. The average Bonchev–Trinajstić information content (AvgIpc) is 2.83. The zero-order chi connectivity index (χ0) is 23.8. The minimum Gasteiger partial charge on any atom is -0.494 e. The third kappa shape index (κ3) is 4.69. The first-order chi connectivity index (χ1) is 16.0. The Bertz CT molecular complexity index is 1510. The van der Waals surface area contributed by atoms with Crippen LogP contribution in [0.3, 0.4) is 0 Å². The van der Waals surface area contributed by atoms with E-state index in [2.05, 4.69) is 9.83 Å². The zero-order valence-corrected chi connectivity index (χ0v) is 17.1. The fourth-order valence-corrected chi connectivity index (χ4v) is 3.08. The summed E-state index contributed by atoms with van der Waals surface area (Å²) in [4.78, 5) is 29.9. The van der Waals surface area contributed by atoms with Crippen molar-refractivity contribution < 1.29 is 5.11 Å². The van der Waals surface area contributed by atoms with Gasteiger partial charge in [0.1, 0.15) is 5.56 Å². The van der Waals surface area contributed by atoms with Gasteiger partial charge in [-0.15, -0.1) is 0 Å². The van der Waals surface area contributed by atoms with Gasteiger partial charge in [-0.2, -0.15) is 5.26 Å². The molecule has 1 aromatic heterocycles. The second-order valence-corrected chi connectivity index (χ2v) is 6.53. The van der Waals surface area contributed by atoms with E-state index in [1.54, 1.807) is 66.7 Å². The van der Waals surface area contributed by atoms with E-state index < -0.39 is 17.1 Å². The van der Waals surface area contributed by atoms with Crippen LogP contribution in [0.4, 0.5) is 0 Å². The van der Waals surface area contributed by atoms with Gasteiger partial charge in [-0.25, -0.2) is 19.5 Å². The summed E-state index contributed by atoms with van der Waals surface area (Å²) in [5.74, 6) is -0.573. The molecule has 0 atom stereocenters. The molecule has 0 amide bonds. The highest BCUT2D eigenvalue weighted by molar-refractivity contribution is 5.88. The van der Waals surface area contributed by atoms with Crippen LogP contribution < -0.4 is 11.2 Å². The summed E-state index contributed by atoms with van der Waals surface area (Å²) in [5.41, 5.74) is -1.08. The second kappa shape index (κ2) is 10.1. The van der Waals surface area contributed by atoms with Gasteiger partial charge in [0.2, 0.25) is 5.88 Å². The highest BCUT2D eigenvalue weighted by atomic mass is 16.3. The van der Waals surface area contributed by atoms with E-state index in [4.69, 9.17) is 6.57 Å². The van der Waals surface area contributed by atoms with Crippen molar-refractivity contribution in [2.75, 3.05) is 0 Å². The lowest BCUT2D eigenvalue weighted by Gasteiger charge is -2.09. The number of para-hydroxylation sites is 1. The smallest absolute Gasteiger partial charge is 0.335 e. The Morgan fingerprint density at radius 1 is 1.03 bits per heavy atom. The molecule has 1 heterocycles. The van der Waals surface area contributed by atoms with Gasteiger partial charge in [-0.1, -0.05) is 54.6 Å². The zero-order valence-electron chi connectivity index (χ0n) is 17.1. The molecule has 3 rings (SSSR count). The lowest BCUT2D eigenvalue weighted by Crippen LogP contribution is -2.30. The highest BCUT2D eigenvalue weighted by Crippen LogP contribution is 2.27. The molecule has 0 aliphatic carbocycles. The highest BCUT2D eigenvalue weighted by Gasteiger charge is 2.15. The minimum absolute atomic E-state index is 0.0114. The molecule has 2 N–H and O–H groups in total. The topological polar surface area (TPSA) is 127 Å². The first-order valence-electron chi connectivity index (χ1n) is 9.51. The van der Waals surface area contributed by atoms with Crippen LogP contribution in [0.5, 0.6) is 5.88 Å². The number of hydrogen-bond acceptors (Lipinski definition) is 5. The maximum atomic E-state index is 12.3. The van der Waals surface area contributed by atoms with Crippen molar-refractivity contribution in [3.05, 3.63) is 127 Å². The predicted octanol–water partition coefficient (Wildman–Crippen LogP) is 3.55. The predicted molar refractivity (Wildman–Crippen MR) is 123 cm³/mol. The second-order valence-electron chi connectivity index (χ2n) is 6.53. The van der Waals surface area contributed by atoms with Crippen LogP contribution in [-0.2, 0) is 0 Å². The Labute approximate surface area is 188 Å². The normalized spacial score (nSPS) is 11.8. The Hall–Kier alpha value is -5.39. The summed E-state index contributed by atoms with van der Waals surface area (Å²) in [5, 5.41) is 29.6. The molecule has 8 nitrogen and oxygen atoms in total. The number of allylic oxidation sites excluding steroid dienone is 5. The van der Waals surface area contributed by atoms with Gasteiger partial charge in [-0.3, -0.25) is 9.78 Å². The van der Waals surface area contributed by atoms with Gasteiger partial charge in [-0.05, 0) is 29.8 Å². The average molecular weight is 433 g/mol. The third-order valence-electron chi connectivity index (χ3n) is 4.57. The Kier molecular flexibility index (Phi) is 6.81. The Morgan fingerprint density at radius 3 is 2.24 bits per heavy atom. The number of nitrogens with zero attached hydrogens (tertiary/aromatic N) is 4. The van der Waals surface area contributed by atoms with Crippen molar-refractivity contribution in [2.24, 2.45) is 0 Å². The summed E-state index contributed by atoms with van der Waals surface area (Å²) in [6.45, 7) is 7.28. The monoisotopic (exact) mass is 433 g/mol. The fourth-order valence-electron chi connectivity index (χ4n) is 3.08. The van der Waals surface area contributed by atoms with E-state index in [0.29, 0.717) is 11.3 Å². The van der Waals surface area contributed by atoms with Crippen molar-refractivity contribution >= 4 is 11.6 Å². The van der Waals surface area contributed by atoms with Crippen LogP contribution in [-0.4, -0.2) is 14.7 Å². The molecule has 0 saturated carbocycles. The molecular formula is C25H15N5O3. The van der Waals surface area contributed by atoms with Gasteiger partial charge < -0.3 is 5.11 Å². The molecule has 8 heteroatoms. The Balaban J connectivity index is 2.13. The van der Waals surface area contributed by atoms with E-state index >= 15 is 0 Å². The molecule has 158 valence electrons. The molecule has 0 radical (unpaired) electrons. The largest absolute Gasteiger partial charge is 0.494 e. The fraction of sp³-hybridized carbons (Fsp3) is 0. The van der Waals surface area contributed by atoms with Gasteiger partial charge in [0.25, 0.3) is 11.3 Å². The van der Waals surface area contributed by atoms with E-state index in [-0.39, 0.29) is 22.4 Å². The van der Waals surface area contributed by atoms with Gasteiger partial charge >= 0.3 is 5.69 Å². The van der Waals surface area contributed by atoms with Crippen LogP contribution in [0, 0.1) is 29.2 Å². The maximum Gasteiger partial charge on any atom is 0.335 e. The van der Waals surface area contributed by atoms with Crippen molar-refractivity contribution in [3.8, 4) is 23.7 Å². The molecule has 2 aromatic carbocycles. The van der Waals surface area contributed by atoms with Crippen molar-refractivity contribution in [2.45, 2.75) is 0 Å².